The second kappa shape index (κ2) is 15.8. The van der Waals surface area contributed by atoms with E-state index in [1.54, 1.807) is 80.3 Å². The first-order chi connectivity index (χ1) is 23.9. The third-order valence-corrected chi connectivity index (χ3v) is 9.37. The van der Waals surface area contributed by atoms with E-state index in [0.29, 0.717) is 51.8 Å². The zero-order chi connectivity index (χ0) is 35.8. The van der Waals surface area contributed by atoms with E-state index in [4.69, 9.17) is 4.74 Å². The Labute approximate surface area is 297 Å². The molecule has 1 aliphatic heterocycles. The molecule has 1 aliphatic rings. The maximum absolute atomic E-state index is 13.5. The fourth-order valence-electron chi connectivity index (χ4n) is 4.93. The molecule has 1 aromatic heterocycles. The van der Waals surface area contributed by atoms with E-state index in [9.17, 15) is 28.8 Å². The molecule has 0 bridgehead atoms. The highest BCUT2D eigenvalue weighted by molar-refractivity contribution is 8.00. The summed E-state index contributed by atoms with van der Waals surface area (Å²) in [6.45, 7) is 6.11. The number of thiophene rings is 1. The second-order valence-corrected chi connectivity index (χ2v) is 14.4. The van der Waals surface area contributed by atoms with E-state index in [2.05, 4.69) is 22.0 Å². The van der Waals surface area contributed by atoms with Crippen molar-refractivity contribution in [3.8, 4) is 6.07 Å². The highest BCUT2D eigenvalue weighted by atomic mass is 32.2. The van der Waals surface area contributed by atoms with Crippen LogP contribution in [0, 0.1) is 17.1 Å². The Kier molecular flexibility index (Phi) is 11.4. The number of anilines is 2. The van der Waals surface area contributed by atoms with Gasteiger partial charge in [0.05, 0.1) is 17.9 Å². The zero-order valence-electron chi connectivity index (χ0n) is 27.5. The Bertz CT molecular complexity index is 1980. The van der Waals surface area contributed by atoms with E-state index in [1.165, 1.54) is 53.4 Å². The number of nitriles is 1. The number of hydrogen-bond acceptors (Lipinski definition) is 8. The third kappa shape index (κ3) is 9.58. The molecule has 4 amide bonds. The molecule has 3 aromatic carbocycles. The van der Waals surface area contributed by atoms with Crippen LogP contribution in [0.3, 0.4) is 0 Å². The van der Waals surface area contributed by atoms with Crippen molar-refractivity contribution in [2.75, 3.05) is 22.9 Å². The molecule has 50 heavy (non-hydrogen) atoms. The van der Waals surface area contributed by atoms with Gasteiger partial charge < -0.3 is 25.6 Å². The quantitative estimate of drug-likeness (QED) is 0.123. The summed E-state index contributed by atoms with van der Waals surface area (Å²) in [5.74, 6) is -1.82. The van der Waals surface area contributed by atoms with Crippen LogP contribution in [0.1, 0.15) is 52.7 Å². The first-order valence-corrected chi connectivity index (χ1v) is 17.4. The minimum absolute atomic E-state index is 0.0255. The van der Waals surface area contributed by atoms with Crippen LogP contribution in [-0.2, 0) is 27.3 Å². The predicted octanol–water partition coefficient (Wildman–Crippen LogP) is 7.19. The summed E-state index contributed by atoms with van der Waals surface area (Å²) in [7, 11) is 0. The van der Waals surface area contributed by atoms with Gasteiger partial charge in [-0.2, -0.15) is 5.26 Å². The SMILES string of the molecule is CC(C)(C)OC(=O)N1CCc2c(sc(NC(=O)CSc3cccc(NC(=O)/C(=C\c4ccc(F)cc4)NC(=O)c4ccccc4)c3)c2C#N)C1. The molecule has 13 heteroatoms. The first kappa shape index (κ1) is 35.8. The second-order valence-electron chi connectivity index (χ2n) is 12.2. The van der Waals surface area contributed by atoms with Gasteiger partial charge in [-0.15, -0.1) is 23.1 Å². The minimum Gasteiger partial charge on any atom is -0.444 e. The van der Waals surface area contributed by atoms with Crippen molar-refractivity contribution in [3.63, 3.8) is 0 Å². The number of nitrogens with zero attached hydrogens (tertiary/aromatic N) is 2. The Balaban J connectivity index is 1.22. The van der Waals surface area contributed by atoms with Crippen LogP contribution in [0.4, 0.5) is 19.9 Å². The zero-order valence-corrected chi connectivity index (χ0v) is 29.2. The largest absolute Gasteiger partial charge is 0.444 e. The van der Waals surface area contributed by atoms with E-state index in [-0.39, 0.29) is 17.4 Å². The van der Waals surface area contributed by atoms with Crippen molar-refractivity contribution >= 4 is 63.7 Å². The monoisotopic (exact) mass is 711 g/mol. The summed E-state index contributed by atoms with van der Waals surface area (Å²) in [6, 6.07) is 23.0. The fraction of sp³-hybridized carbons (Fsp3) is 0.216. The average Bonchev–Trinajstić information content (AvgIpc) is 3.43. The van der Waals surface area contributed by atoms with Crippen LogP contribution in [0.15, 0.2) is 89.5 Å². The van der Waals surface area contributed by atoms with Gasteiger partial charge in [0.2, 0.25) is 5.91 Å². The smallest absolute Gasteiger partial charge is 0.410 e. The molecule has 0 saturated heterocycles. The number of carbonyl (C=O) groups excluding carboxylic acids is 4. The Hall–Kier alpha value is -5.45. The van der Waals surface area contributed by atoms with Gasteiger partial charge in [0.25, 0.3) is 11.8 Å². The standard InChI is InChI=1S/C37H34FN5O5S2/c1-37(2,3)48-36(47)43-17-16-28-29(20-39)35(50-31(28)21-43)42-32(44)22-49-27-11-7-10-26(19-27)40-34(46)30(18-23-12-14-25(38)15-13-23)41-33(45)24-8-5-4-6-9-24/h4-15,18-19H,16-17,21-22H2,1-3H3,(H,40,46)(H,41,45)(H,42,44)/b30-18+. The molecule has 0 fully saturated rings. The molecule has 4 aromatic rings. The van der Waals surface area contributed by atoms with Gasteiger partial charge >= 0.3 is 6.09 Å². The Morgan fingerprint density at radius 2 is 1.76 bits per heavy atom. The summed E-state index contributed by atoms with van der Waals surface area (Å²) in [4.78, 5) is 55.0. The number of amides is 4. The summed E-state index contributed by atoms with van der Waals surface area (Å²) in [6.07, 6.45) is 1.51. The maximum Gasteiger partial charge on any atom is 0.410 e. The lowest BCUT2D eigenvalue weighted by molar-refractivity contribution is -0.114. The molecule has 5 rings (SSSR count). The lowest BCUT2D eigenvalue weighted by atomic mass is 10.0. The number of ether oxygens (including phenoxy) is 1. The number of nitrogens with one attached hydrogen (secondary N) is 3. The number of carbonyl (C=O) groups is 4. The van der Waals surface area contributed by atoms with E-state index in [1.807, 2.05) is 0 Å². The molecular formula is C37H34FN5O5S2. The van der Waals surface area contributed by atoms with Crippen LogP contribution in [-0.4, -0.2) is 46.6 Å². The van der Waals surface area contributed by atoms with Crippen LogP contribution < -0.4 is 16.0 Å². The lowest BCUT2D eigenvalue weighted by Crippen LogP contribution is -2.39. The summed E-state index contributed by atoms with van der Waals surface area (Å²) in [5, 5.41) is 18.6. The van der Waals surface area contributed by atoms with E-state index < -0.39 is 29.3 Å². The third-order valence-electron chi connectivity index (χ3n) is 7.24. The Morgan fingerprint density at radius 1 is 1.02 bits per heavy atom. The molecular weight excluding hydrogens is 678 g/mol. The topological polar surface area (TPSA) is 141 Å². The van der Waals surface area contributed by atoms with Crippen molar-refractivity contribution in [2.24, 2.45) is 0 Å². The van der Waals surface area contributed by atoms with Gasteiger partial charge in [0, 0.05) is 27.6 Å². The minimum atomic E-state index is -0.627. The highest BCUT2D eigenvalue weighted by Gasteiger charge is 2.30. The van der Waals surface area contributed by atoms with Crippen LogP contribution in [0.25, 0.3) is 6.08 Å². The molecule has 3 N–H and O–H groups in total. The average molecular weight is 712 g/mol. The maximum atomic E-state index is 13.5. The summed E-state index contributed by atoms with van der Waals surface area (Å²) >= 11 is 2.51. The molecule has 0 spiro atoms. The molecule has 0 unspecified atom stereocenters. The number of halogens is 1. The van der Waals surface area contributed by atoms with Gasteiger partial charge in [0.1, 0.15) is 28.2 Å². The highest BCUT2D eigenvalue weighted by Crippen LogP contribution is 2.37. The fourth-order valence-corrected chi connectivity index (χ4v) is 6.92. The number of fused-ring (bicyclic) bond motifs is 1. The number of hydrogen-bond donors (Lipinski definition) is 3. The van der Waals surface area contributed by atoms with Crippen molar-refractivity contribution in [1.82, 2.24) is 10.2 Å². The molecule has 0 radical (unpaired) electrons. The van der Waals surface area contributed by atoms with Crippen molar-refractivity contribution in [2.45, 2.75) is 44.2 Å². The molecule has 0 atom stereocenters. The number of thioether (sulfide) groups is 1. The molecule has 0 aliphatic carbocycles. The van der Waals surface area contributed by atoms with Crippen molar-refractivity contribution < 1.29 is 28.3 Å². The predicted molar refractivity (Wildman–Crippen MR) is 192 cm³/mol. The van der Waals surface area contributed by atoms with Crippen LogP contribution in [0.2, 0.25) is 0 Å². The van der Waals surface area contributed by atoms with Crippen molar-refractivity contribution in [3.05, 3.63) is 118 Å². The van der Waals surface area contributed by atoms with Gasteiger partial charge in [-0.1, -0.05) is 36.4 Å². The number of rotatable bonds is 9. The first-order valence-electron chi connectivity index (χ1n) is 15.6. The van der Waals surface area contributed by atoms with Gasteiger partial charge in [-0.25, -0.2) is 9.18 Å². The van der Waals surface area contributed by atoms with Crippen LogP contribution >= 0.6 is 23.1 Å². The summed E-state index contributed by atoms with van der Waals surface area (Å²) in [5.41, 5.74) is 1.84. The summed E-state index contributed by atoms with van der Waals surface area (Å²) < 4.78 is 19.0. The van der Waals surface area contributed by atoms with Gasteiger partial charge in [-0.3, -0.25) is 14.4 Å². The molecule has 0 saturated carbocycles. The molecule has 10 nitrogen and oxygen atoms in total. The lowest BCUT2D eigenvalue weighted by Gasteiger charge is -2.29. The molecule has 256 valence electrons. The Morgan fingerprint density at radius 3 is 2.46 bits per heavy atom. The van der Waals surface area contributed by atoms with Crippen molar-refractivity contribution in [1.29, 1.82) is 5.26 Å². The molecule has 2 heterocycles. The normalized spacial score (nSPS) is 12.7. The van der Waals surface area contributed by atoms with E-state index >= 15 is 0 Å². The number of benzene rings is 3. The van der Waals surface area contributed by atoms with Gasteiger partial charge in [-0.05, 0) is 86.9 Å². The van der Waals surface area contributed by atoms with E-state index in [0.717, 1.165) is 10.4 Å². The van der Waals surface area contributed by atoms with Crippen LogP contribution in [0.5, 0.6) is 0 Å². The van der Waals surface area contributed by atoms with Gasteiger partial charge in [0.15, 0.2) is 0 Å².